The Morgan fingerprint density at radius 2 is 2.15 bits per heavy atom. The summed E-state index contributed by atoms with van der Waals surface area (Å²) in [5, 5.41) is 4.76. The van der Waals surface area contributed by atoms with Crippen LogP contribution in [-0.2, 0) is 17.2 Å². The lowest BCUT2D eigenvalue weighted by atomic mass is 10.2. The molecule has 0 saturated heterocycles. The SMILES string of the molecule is CC(C)(C)OC(=O)n1nc(Cl)c2c(Br)c(N=S)ccc21. The van der Waals surface area contributed by atoms with Gasteiger partial charge in [-0.3, -0.25) is 0 Å². The highest BCUT2D eigenvalue weighted by atomic mass is 79.9. The van der Waals surface area contributed by atoms with Gasteiger partial charge in [-0.15, -0.1) is 5.10 Å². The molecule has 0 amide bonds. The zero-order valence-corrected chi connectivity index (χ0v) is 14.1. The van der Waals surface area contributed by atoms with Gasteiger partial charge in [0.05, 0.1) is 21.1 Å². The fraction of sp³-hybridized carbons (Fsp3) is 0.333. The van der Waals surface area contributed by atoms with E-state index in [9.17, 15) is 4.79 Å². The number of aromatic nitrogens is 2. The van der Waals surface area contributed by atoms with Gasteiger partial charge < -0.3 is 4.74 Å². The highest BCUT2D eigenvalue weighted by Crippen LogP contribution is 2.37. The predicted molar refractivity (Wildman–Crippen MR) is 83.5 cm³/mol. The van der Waals surface area contributed by atoms with Gasteiger partial charge >= 0.3 is 6.09 Å². The number of hydrogen-bond donors (Lipinski definition) is 0. The van der Waals surface area contributed by atoms with Gasteiger partial charge in [0.1, 0.15) is 5.60 Å². The van der Waals surface area contributed by atoms with E-state index in [4.69, 9.17) is 16.3 Å². The maximum atomic E-state index is 12.1. The summed E-state index contributed by atoms with van der Waals surface area (Å²) in [7, 11) is 0. The molecule has 0 atom stereocenters. The third-order valence-corrected chi connectivity index (χ3v) is 3.65. The van der Waals surface area contributed by atoms with Crippen molar-refractivity contribution < 1.29 is 9.53 Å². The van der Waals surface area contributed by atoms with Crippen LogP contribution in [-0.4, -0.2) is 21.5 Å². The van der Waals surface area contributed by atoms with Crippen molar-refractivity contribution in [2.75, 3.05) is 0 Å². The molecular weight excluding hydrogens is 366 g/mol. The van der Waals surface area contributed by atoms with Crippen LogP contribution < -0.4 is 0 Å². The molecule has 0 saturated carbocycles. The molecule has 0 aliphatic rings. The minimum Gasteiger partial charge on any atom is -0.442 e. The minimum atomic E-state index is -0.616. The average Bonchev–Trinajstić information content (AvgIpc) is 2.66. The average molecular weight is 377 g/mol. The van der Waals surface area contributed by atoms with Crippen LogP contribution in [0.3, 0.4) is 0 Å². The summed E-state index contributed by atoms with van der Waals surface area (Å²) in [5.41, 5.74) is 0.464. The number of halogens is 2. The lowest BCUT2D eigenvalue weighted by molar-refractivity contribution is 0.0523. The summed E-state index contributed by atoms with van der Waals surface area (Å²) in [6.07, 6.45) is -0.593. The Morgan fingerprint density at radius 3 is 2.70 bits per heavy atom. The first-order chi connectivity index (χ1) is 9.24. The maximum Gasteiger partial charge on any atom is 0.435 e. The molecule has 0 radical (unpaired) electrons. The normalized spacial score (nSPS) is 11.7. The Bertz CT molecular complexity index is 709. The van der Waals surface area contributed by atoms with Crippen LogP contribution in [0.15, 0.2) is 21.0 Å². The fourth-order valence-corrected chi connectivity index (χ4v) is 2.90. The molecular formula is C12H11BrClN3O2S. The summed E-state index contributed by atoms with van der Waals surface area (Å²) in [6.45, 7) is 5.34. The molecule has 106 valence electrons. The van der Waals surface area contributed by atoms with Gasteiger partial charge in [-0.1, -0.05) is 11.6 Å². The van der Waals surface area contributed by atoms with Crippen molar-refractivity contribution in [1.82, 2.24) is 9.78 Å². The summed E-state index contributed by atoms with van der Waals surface area (Å²) in [6, 6.07) is 3.35. The molecule has 0 unspecified atom stereocenters. The van der Waals surface area contributed by atoms with Crippen LogP contribution in [0.4, 0.5) is 10.5 Å². The first-order valence-electron chi connectivity index (χ1n) is 5.68. The molecule has 1 aromatic heterocycles. The maximum absolute atomic E-state index is 12.1. The second-order valence-corrected chi connectivity index (χ2v) is 6.40. The van der Waals surface area contributed by atoms with Gasteiger partial charge in [-0.25, -0.2) is 4.79 Å². The van der Waals surface area contributed by atoms with Gasteiger partial charge in [0.15, 0.2) is 5.15 Å². The number of hydrogen-bond acceptors (Lipinski definition) is 5. The van der Waals surface area contributed by atoms with Crippen LogP contribution in [0.25, 0.3) is 10.9 Å². The summed E-state index contributed by atoms with van der Waals surface area (Å²) < 4.78 is 10.7. The second kappa shape index (κ2) is 5.38. The monoisotopic (exact) mass is 375 g/mol. The number of rotatable bonds is 1. The second-order valence-electron chi connectivity index (χ2n) is 5.07. The Morgan fingerprint density at radius 1 is 1.50 bits per heavy atom. The van der Waals surface area contributed by atoms with E-state index < -0.39 is 11.7 Å². The highest BCUT2D eigenvalue weighted by Gasteiger charge is 2.23. The number of nitrogens with zero attached hydrogens (tertiary/aromatic N) is 3. The van der Waals surface area contributed by atoms with Crippen LogP contribution in [0.1, 0.15) is 20.8 Å². The van der Waals surface area contributed by atoms with Gasteiger partial charge in [0.2, 0.25) is 0 Å². The Balaban J connectivity index is 2.60. The van der Waals surface area contributed by atoms with E-state index in [0.717, 1.165) is 4.68 Å². The Labute approximate surface area is 134 Å². The molecule has 1 aromatic carbocycles. The van der Waals surface area contributed by atoms with E-state index in [0.29, 0.717) is 21.1 Å². The molecule has 0 aliphatic carbocycles. The van der Waals surface area contributed by atoms with Crippen molar-refractivity contribution in [1.29, 1.82) is 0 Å². The molecule has 5 nitrogen and oxygen atoms in total. The zero-order valence-electron chi connectivity index (χ0n) is 11.0. The molecule has 0 fully saturated rings. The number of carbonyl (C=O) groups excluding carboxylic acids is 1. The molecule has 20 heavy (non-hydrogen) atoms. The molecule has 8 heteroatoms. The van der Waals surface area contributed by atoms with E-state index in [1.807, 2.05) is 0 Å². The summed E-state index contributed by atoms with van der Waals surface area (Å²) >= 11 is 14.1. The quantitative estimate of drug-likeness (QED) is 0.730. The van der Waals surface area contributed by atoms with Crippen LogP contribution in [0.5, 0.6) is 0 Å². The first kappa shape index (κ1) is 15.3. The van der Waals surface area contributed by atoms with Gasteiger partial charge in [0, 0.05) is 12.4 Å². The summed E-state index contributed by atoms with van der Waals surface area (Å²) in [5.74, 6) is 0. The number of fused-ring (bicyclic) bond motifs is 1. The lowest BCUT2D eigenvalue weighted by Crippen LogP contribution is -2.27. The largest absolute Gasteiger partial charge is 0.442 e. The third-order valence-electron chi connectivity index (χ3n) is 2.39. The summed E-state index contributed by atoms with van der Waals surface area (Å²) in [4.78, 5) is 12.1. The number of benzene rings is 1. The highest BCUT2D eigenvalue weighted by molar-refractivity contribution is 9.10. The molecule has 1 heterocycles. The van der Waals surface area contributed by atoms with Gasteiger partial charge in [-0.05, 0) is 48.8 Å². The zero-order chi connectivity index (χ0) is 15.1. The number of ether oxygens (including phenoxy) is 1. The lowest BCUT2D eigenvalue weighted by Gasteiger charge is -2.19. The topological polar surface area (TPSA) is 56.5 Å². The predicted octanol–water partition coefficient (Wildman–Crippen LogP) is 4.60. The molecule has 2 rings (SSSR count). The van der Waals surface area contributed by atoms with Crippen molar-refractivity contribution in [3.63, 3.8) is 0 Å². The van der Waals surface area contributed by atoms with E-state index in [1.54, 1.807) is 32.9 Å². The van der Waals surface area contributed by atoms with E-state index in [2.05, 4.69) is 37.8 Å². The Kier molecular flexibility index (Phi) is 4.13. The van der Waals surface area contributed by atoms with E-state index in [-0.39, 0.29) is 5.15 Å². The molecule has 0 spiro atoms. The molecule has 0 aliphatic heterocycles. The van der Waals surface area contributed by atoms with Crippen molar-refractivity contribution in [2.45, 2.75) is 26.4 Å². The van der Waals surface area contributed by atoms with Crippen LogP contribution in [0, 0.1) is 0 Å². The molecule has 0 N–H and O–H groups in total. The molecule has 0 bridgehead atoms. The van der Waals surface area contributed by atoms with E-state index >= 15 is 0 Å². The van der Waals surface area contributed by atoms with Crippen molar-refractivity contribution in [2.24, 2.45) is 4.36 Å². The Hall–Kier alpha value is -1.05. The standard InChI is InChI=1S/C12H11BrClN3O2S/c1-12(2,3)19-11(18)17-7-5-4-6(16-20)9(13)8(7)10(14)15-17/h4-5H,1-3H3. The van der Waals surface area contributed by atoms with Crippen LogP contribution >= 0.6 is 27.5 Å². The number of carbonyl (C=O) groups is 1. The van der Waals surface area contributed by atoms with Crippen molar-refractivity contribution >= 4 is 62.6 Å². The van der Waals surface area contributed by atoms with Crippen molar-refractivity contribution in [3.05, 3.63) is 21.8 Å². The van der Waals surface area contributed by atoms with Gasteiger partial charge in [-0.2, -0.15) is 9.04 Å². The van der Waals surface area contributed by atoms with Crippen molar-refractivity contribution in [3.8, 4) is 0 Å². The minimum absolute atomic E-state index is 0.179. The fourth-order valence-electron chi connectivity index (χ4n) is 1.63. The van der Waals surface area contributed by atoms with E-state index in [1.165, 1.54) is 0 Å². The third kappa shape index (κ3) is 2.84. The first-order valence-corrected chi connectivity index (χ1v) is 7.21. The molecule has 2 aromatic rings. The smallest absolute Gasteiger partial charge is 0.435 e. The van der Waals surface area contributed by atoms with Gasteiger partial charge in [0.25, 0.3) is 0 Å². The van der Waals surface area contributed by atoms with Crippen LogP contribution in [0.2, 0.25) is 5.15 Å².